The Bertz CT molecular complexity index is 665. The number of carbonyl (C=O) groups excluding carboxylic acids is 1. The van der Waals surface area contributed by atoms with Crippen LogP contribution in [-0.4, -0.2) is 43.3 Å². The number of fused-ring (bicyclic) bond motifs is 1. The van der Waals surface area contributed by atoms with Gasteiger partial charge in [-0.1, -0.05) is 23.4 Å². The Labute approximate surface area is 141 Å². The number of alkyl halides is 1. The molecule has 1 aliphatic rings. The van der Waals surface area contributed by atoms with E-state index in [1.165, 1.54) is 16.7 Å². The van der Waals surface area contributed by atoms with E-state index in [9.17, 15) is 9.18 Å². The first-order valence-corrected chi connectivity index (χ1v) is 8.03. The molecule has 0 aliphatic carbocycles. The molecule has 0 radical (unpaired) electrons. The van der Waals surface area contributed by atoms with Gasteiger partial charge in [0.1, 0.15) is 12.4 Å². The molecule has 0 fully saturated rings. The Morgan fingerprint density at radius 3 is 2.75 bits per heavy atom. The maximum Gasteiger partial charge on any atom is 0.207 e. The number of hydrogen-bond donors (Lipinski definition) is 1. The molecule has 0 spiro atoms. The molecule has 0 bridgehead atoms. The summed E-state index contributed by atoms with van der Waals surface area (Å²) in [5.74, 6) is 0.903. The van der Waals surface area contributed by atoms with Crippen molar-refractivity contribution < 1.29 is 13.7 Å². The normalized spacial score (nSPS) is 13.7. The van der Waals surface area contributed by atoms with E-state index in [4.69, 9.17) is 4.52 Å². The maximum atomic E-state index is 11.0. The first-order valence-electron chi connectivity index (χ1n) is 8.03. The third-order valence-electron chi connectivity index (χ3n) is 4.05. The predicted octanol–water partition coefficient (Wildman–Crippen LogP) is 2.65. The number of aryl methyl sites for hydroxylation is 2. The van der Waals surface area contributed by atoms with Gasteiger partial charge in [-0.2, -0.15) is 0 Å². The molecule has 6 heteroatoms. The van der Waals surface area contributed by atoms with Crippen molar-refractivity contribution in [2.45, 2.75) is 26.8 Å². The van der Waals surface area contributed by atoms with Crippen LogP contribution in [0.3, 0.4) is 0 Å². The second-order valence-electron chi connectivity index (χ2n) is 5.93. The average Bonchev–Trinajstić information content (AvgIpc) is 2.92. The monoisotopic (exact) mass is 333 g/mol. The van der Waals surface area contributed by atoms with Crippen LogP contribution in [0.15, 0.2) is 22.7 Å². The number of likely N-dealkylation sites (N-methyl/N-ethyl adjacent to an activating group) is 1. The molecule has 1 aliphatic heterocycles. The zero-order chi connectivity index (χ0) is 17.5. The largest absolute Gasteiger partial charge is 0.361 e. The van der Waals surface area contributed by atoms with Crippen molar-refractivity contribution in [3.8, 4) is 11.1 Å². The molecule has 0 atom stereocenters. The first kappa shape index (κ1) is 18.1. The van der Waals surface area contributed by atoms with Crippen molar-refractivity contribution >= 4 is 6.41 Å². The zero-order valence-electron chi connectivity index (χ0n) is 14.4. The van der Waals surface area contributed by atoms with Crippen LogP contribution < -0.4 is 5.32 Å². The fraction of sp³-hybridized carbons (Fsp3) is 0.444. The van der Waals surface area contributed by atoms with Gasteiger partial charge in [-0.3, -0.25) is 4.79 Å². The molecule has 3 rings (SSSR count). The van der Waals surface area contributed by atoms with Crippen LogP contribution >= 0.6 is 0 Å². The number of benzene rings is 1. The van der Waals surface area contributed by atoms with E-state index in [0.29, 0.717) is 6.41 Å². The van der Waals surface area contributed by atoms with Gasteiger partial charge in [0.25, 0.3) is 0 Å². The fourth-order valence-electron chi connectivity index (χ4n) is 2.86. The fourth-order valence-corrected chi connectivity index (χ4v) is 2.86. The molecule has 130 valence electrons. The number of halogens is 1. The molecule has 0 saturated carbocycles. The molecular formula is C18H24FN3O2. The topological polar surface area (TPSA) is 58.4 Å². The highest BCUT2D eigenvalue weighted by Crippen LogP contribution is 2.30. The van der Waals surface area contributed by atoms with E-state index in [0.717, 1.165) is 36.5 Å². The van der Waals surface area contributed by atoms with Crippen molar-refractivity contribution in [3.63, 3.8) is 0 Å². The maximum absolute atomic E-state index is 11.0. The van der Waals surface area contributed by atoms with Gasteiger partial charge in [0, 0.05) is 25.2 Å². The first-order chi connectivity index (χ1) is 11.6. The Balaban J connectivity index is 0.000000301. The van der Waals surface area contributed by atoms with Gasteiger partial charge in [-0.25, -0.2) is 4.39 Å². The summed E-state index contributed by atoms with van der Waals surface area (Å²) >= 11 is 0. The minimum Gasteiger partial charge on any atom is -0.361 e. The van der Waals surface area contributed by atoms with E-state index in [2.05, 4.69) is 40.6 Å². The molecule has 1 aromatic heterocycles. The second kappa shape index (κ2) is 8.59. The van der Waals surface area contributed by atoms with E-state index >= 15 is 0 Å². The molecule has 24 heavy (non-hydrogen) atoms. The Morgan fingerprint density at radius 2 is 2.17 bits per heavy atom. The molecule has 2 aromatic rings. The zero-order valence-corrected chi connectivity index (χ0v) is 14.4. The van der Waals surface area contributed by atoms with Gasteiger partial charge in [-0.05, 0) is 44.0 Å². The van der Waals surface area contributed by atoms with Gasteiger partial charge in [0.15, 0.2) is 0 Å². The molecule has 2 heterocycles. The molecule has 0 saturated heterocycles. The lowest BCUT2D eigenvalue weighted by Gasteiger charge is -2.25. The molecule has 1 amide bonds. The lowest BCUT2D eigenvalue weighted by atomic mass is 9.94. The van der Waals surface area contributed by atoms with E-state index in [1.54, 1.807) is 0 Å². The number of hydrogen-bond acceptors (Lipinski definition) is 4. The summed E-state index contributed by atoms with van der Waals surface area (Å²) in [5.41, 5.74) is 6.26. The van der Waals surface area contributed by atoms with Crippen LogP contribution in [0.25, 0.3) is 11.1 Å². The molecule has 1 N–H and O–H groups in total. The van der Waals surface area contributed by atoms with Crippen LogP contribution in [0.5, 0.6) is 0 Å². The van der Waals surface area contributed by atoms with Crippen LogP contribution in [0.2, 0.25) is 0 Å². The van der Waals surface area contributed by atoms with Crippen molar-refractivity contribution in [1.82, 2.24) is 15.4 Å². The quantitative estimate of drug-likeness (QED) is 0.690. The predicted molar refractivity (Wildman–Crippen MR) is 91.5 cm³/mol. The van der Waals surface area contributed by atoms with Crippen LogP contribution in [-0.2, 0) is 17.8 Å². The number of aromatic nitrogens is 1. The summed E-state index contributed by atoms with van der Waals surface area (Å²) in [6.45, 7) is 5.80. The molecule has 5 nitrogen and oxygen atoms in total. The number of rotatable bonds is 4. The van der Waals surface area contributed by atoms with Gasteiger partial charge >= 0.3 is 0 Å². The SMILES string of the molecule is Cc1noc(C)c1-c1ccc2c(c1)CCN(C)C2.O=CNCCF. The van der Waals surface area contributed by atoms with Crippen LogP contribution in [0, 0.1) is 13.8 Å². The van der Waals surface area contributed by atoms with E-state index < -0.39 is 6.67 Å². The Kier molecular flexibility index (Phi) is 6.49. The average molecular weight is 333 g/mol. The summed E-state index contributed by atoms with van der Waals surface area (Å²) in [5, 5.41) is 6.18. The Hall–Kier alpha value is -2.21. The highest BCUT2D eigenvalue weighted by molar-refractivity contribution is 5.68. The Morgan fingerprint density at radius 1 is 1.38 bits per heavy atom. The van der Waals surface area contributed by atoms with E-state index in [1.807, 2.05) is 13.8 Å². The lowest BCUT2D eigenvalue weighted by molar-refractivity contribution is -0.109. The highest BCUT2D eigenvalue weighted by atomic mass is 19.1. The lowest BCUT2D eigenvalue weighted by Crippen LogP contribution is -2.26. The number of nitrogens with one attached hydrogen (secondary N) is 1. The molecule has 0 unspecified atom stereocenters. The van der Waals surface area contributed by atoms with Crippen molar-refractivity contribution in [1.29, 1.82) is 0 Å². The molecule has 1 aromatic carbocycles. The van der Waals surface area contributed by atoms with Crippen LogP contribution in [0.1, 0.15) is 22.6 Å². The third-order valence-corrected chi connectivity index (χ3v) is 4.05. The van der Waals surface area contributed by atoms with E-state index in [-0.39, 0.29) is 6.54 Å². The summed E-state index contributed by atoms with van der Waals surface area (Å²) < 4.78 is 16.2. The summed E-state index contributed by atoms with van der Waals surface area (Å²) in [6, 6.07) is 6.73. The summed E-state index contributed by atoms with van der Waals surface area (Å²) in [7, 11) is 2.17. The van der Waals surface area contributed by atoms with Gasteiger partial charge < -0.3 is 14.7 Å². The summed E-state index contributed by atoms with van der Waals surface area (Å²) in [4.78, 5) is 11.6. The number of carbonyl (C=O) groups is 1. The number of amides is 1. The van der Waals surface area contributed by atoms with Crippen molar-refractivity contribution in [2.24, 2.45) is 0 Å². The third kappa shape index (κ3) is 4.41. The van der Waals surface area contributed by atoms with Crippen LogP contribution in [0.4, 0.5) is 4.39 Å². The summed E-state index contributed by atoms with van der Waals surface area (Å²) in [6.07, 6.45) is 1.60. The molecular weight excluding hydrogens is 309 g/mol. The minimum atomic E-state index is -0.487. The minimum absolute atomic E-state index is 0.128. The second-order valence-corrected chi connectivity index (χ2v) is 5.93. The number of nitrogens with zero attached hydrogens (tertiary/aromatic N) is 2. The van der Waals surface area contributed by atoms with Gasteiger partial charge in [-0.15, -0.1) is 0 Å². The van der Waals surface area contributed by atoms with Gasteiger partial charge in [0.2, 0.25) is 6.41 Å². The standard InChI is InChI=1S/C15H18N2O.C3H6FNO/c1-10-15(11(2)18-16-10)13-4-5-14-9-17(3)7-6-12(14)8-13;4-1-2-5-3-6/h4-5,8H,6-7,9H2,1-3H3;3H,1-2H2,(H,5,6). The van der Waals surface area contributed by atoms with Crippen molar-refractivity contribution in [2.75, 3.05) is 26.8 Å². The van der Waals surface area contributed by atoms with Gasteiger partial charge in [0.05, 0.1) is 5.69 Å². The van der Waals surface area contributed by atoms with Crippen molar-refractivity contribution in [3.05, 3.63) is 40.8 Å². The highest BCUT2D eigenvalue weighted by Gasteiger charge is 2.16. The smallest absolute Gasteiger partial charge is 0.207 e.